The van der Waals surface area contributed by atoms with E-state index in [1.54, 1.807) is 18.6 Å². The average Bonchev–Trinajstić information content (AvgIpc) is 3.14. The highest BCUT2D eigenvalue weighted by molar-refractivity contribution is 7.90. The summed E-state index contributed by atoms with van der Waals surface area (Å²) in [5.41, 5.74) is 1.99. The molecule has 0 spiro atoms. The van der Waals surface area contributed by atoms with E-state index in [9.17, 15) is 13.2 Å². The quantitative estimate of drug-likeness (QED) is 0.686. The first-order chi connectivity index (χ1) is 11.9. The molecule has 1 heterocycles. The van der Waals surface area contributed by atoms with Gasteiger partial charge in [0.15, 0.2) is 22.2 Å². The topological polar surface area (TPSA) is 89.1 Å². The first-order valence-corrected chi connectivity index (χ1v) is 9.38. The molecule has 0 saturated heterocycles. The van der Waals surface area contributed by atoms with Crippen LogP contribution in [0.5, 0.6) is 5.75 Å². The lowest BCUT2D eigenvalue weighted by molar-refractivity contribution is 0.0922. The number of para-hydroxylation sites is 1. The van der Waals surface area contributed by atoms with Gasteiger partial charge >= 0.3 is 0 Å². The highest BCUT2D eigenvalue weighted by Crippen LogP contribution is 2.28. The Labute approximate surface area is 145 Å². The molecule has 6 nitrogen and oxygen atoms in total. The fraction of sp³-hybridized carbons (Fsp3) is 0.111. The molecule has 0 radical (unpaired) electrons. The summed E-state index contributed by atoms with van der Waals surface area (Å²) in [5.74, 6) is 0.326. The van der Waals surface area contributed by atoms with Crippen molar-refractivity contribution in [2.24, 2.45) is 0 Å². The van der Waals surface area contributed by atoms with E-state index < -0.39 is 9.84 Å². The Balaban J connectivity index is 1.73. The SMILES string of the molecule is CS(=O)(=O)c1ccc(C(=O)COc2ccccc2-c2cnc[nH]2)cc1. The van der Waals surface area contributed by atoms with E-state index in [4.69, 9.17) is 4.74 Å². The number of nitrogens with zero attached hydrogens (tertiary/aromatic N) is 1. The van der Waals surface area contributed by atoms with Gasteiger partial charge in [0.2, 0.25) is 0 Å². The Morgan fingerprint density at radius 1 is 1.12 bits per heavy atom. The van der Waals surface area contributed by atoms with E-state index >= 15 is 0 Å². The van der Waals surface area contributed by atoms with Crippen LogP contribution in [0.1, 0.15) is 10.4 Å². The molecule has 0 aliphatic carbocycles. The minimum absolute atomic E-state index is 0.149. The van der Waals surface area contributed by atoms with Crippen molar-refractivity contribution in [1.29, 1.82) is 0 Å². The molecule has 0 aliphatic heterocycles. The van der Waals surface area contributed by atoms with E-state index in [2.05, 4.69) is 9.97 Å². The smallest absolute Gasteiger partial charge is 0.200 e. The van der Waals surface area contributed by atoms with Crippen molar-refractivity contribution < 1.29 is 17.9 Å². The van der Waals surface area contributed by atoms with Crippen LogP contribution in [0.3, 0.4) is 0 Å². The van der Waals surface area contributed by atoms with Crippen molar-refractivity contribution in [2.75, 3.05) is 12.9 Å². The maximum absolute atomic E-state index is 12.3. The number of carbonyl (C=O) groups is 1. The first-order valence-electron chi connectivity index (χ1n) is 7.49. The van der Waals surface area contributed by atoms with Gasteiger partial charge in [0, 0.05) is 17.4 Å². The van der Waals surface area contributed by atoms with Gasteiger partial charge in [-0.25, -0.2) is 13.4 Å². The van der Waals surface area contributed by atoms with Crippen LogP contribution in [0, 0.1) is 0 Å². The number of hydrogen-bond acceptors (Lipinski definition) is 5. The minimum Gasteiger partial charge on any atom is -0.485 e. The van der Waals surface area contributed by atoms with Crippen molar-refractivity contribution in [2.45, 2.75) is 4.90 Å². The van der Waals surface area contributed by atoms with Gasteiger partial charge in [0.05, 0.1) is 23.1 Å². The molecule has 0 aliphatic rings. The van der Waals surface area contributed by atoms with Crippen LogP contribution >= 0.6 is 0 Å². The highest BCUT2D eigenvalue weighted by atomic mass is 32.2. The highest BCUT2D eigenvalue weighted by Gasteiger charge is 2.12. The molecule has 25 heavy (non-hydrogen) atoms. The van der Waals surface area contributed by atoms with Crippen LogP contribution in [0.4, 0.5) is 0 Å². The number of imidazole rings is 1. The number of benzene rings is 2. The fourth-order valence-electron chi connectivity index (χ4n) is 2.33. The normalized spacial score (nSPS) is 11.2. The number of carbonyl (C=O) groups excluding carboxylic acids is 1. The molecule has 1 aromatic heterocycles. The number of sulfone groups is 1. The monoisotopic (exact) mass is 356 g/mol. The van der Waals surface area contributed by atoms with E-state index in [0.717, 1.165) is 17.5 Å². The number of aromatic amines is 1. The van der Waals surface area contributed by atoms with Crippen LogP contribution in [0.2, 0.25) is 0 Å². The summed E-state index contributed by atoms with van der Waals surface area (Å²) in [6.45, 7) is -0.149. The lowest BCUT2D eigenvalue weighted by Crippen LogP contribution is -2.12. The molecule has 128 valence electrons. The summed E-state index contributed by atoms with van der Waals surface area (Å²) >= 11 is 0. The van der Waals surface area contributed by atoms with Gasteiger partial charge in [-0.05, 0) is 36.4 Å². The lowest BCUT2D eigenvalue weighted by Gasteiger charge is -2.10. The zero-order valence-corrected chi connectivity index (χ0v) is 14.3. The number of H-pyrrole nitrogens is 1. The van der Waals surface area contributed by atoms with Gasteiger partial charge in [-0.3, -0.25) is 4.79 Å². The Hall–Kier alpha value is -2.93. The van der Waals surface area contributed by atoms with E-state index in [0.29, 0.717) is 11.3 Å². The Morgan fingerprint density at radius 2 is 1.84 bits per heavy atom. The van der Waals surface area contributed by atoms with Crippen LogP contribution in [0.15, 0.2) is 66.0 Å². The molecular formula is C18H16N2O4S. The van der Waals surface area contributed by atoms with Crippen molar-refractivity contribution in [3.05, 3.63) is 66.6 Å². The van der Waals surface area contributed by atoms with Crippen molar-refractivity contribution in [3.8, 4) is 17.0 Å². The third kappa shape index (κ3) is 3.95. The number of nitrogens with one attached hydrogen (secondary N) is 1. The predicted molar refractivity (Wildman–Crippen MR) is 93.4 cm³/mol. The van der Waals surface area contributed by atoms with Gasteiger partial charge in [0.1, 0.15) is 5.75 Å². The van der Waals surface area contributed by atoms with Crippen LogP contribution in [0.25, 0.3) is 11.3 Å². The third-order valence-corrected chi connectivity index (χ3v) is 4.77. The molecule has 0 unspecified atom stereocenters. The number of hydrogen-bond donors (Lipinski definition) is 1. The summed E-state index contributed by atoms with van der Waals surface area (Å²) in [6.07, 6.45) is 4.37. The minimum atomic E-state index is -3.28. The summed E-state index contributed by atoms with van der Waals surface area (Å²) in [7, 11) is -3.28. The van der Waals surface area contributed by atoms with Crippen LogP contribution in [-0.2, 0) is 9.84 Å². The molecule has 0 saturated carbocycles. The van der Waals surface area contributed by atoms with Gasteiger partial charge in [-0.1, -0.05) is 12.1 Å². The maximum atomic E-state index is 12.3. The molecule has 0 bridgehead atoms. The molecule has 0 atom stereocenters. The molecule has 7 heteroatoms. The van der Waals surface area contributed by atoms with E-state index in [-0.39, 0.29) is 17.3 Å². The van der Waals surface area contributed by atoms with Gasteiger partial charge in [-0.2, -0.15) is 0 Å². The fourth-order valence-corrected chi connectivity index (χ4v) is 2.96. The molecule has 3 rings (SSSR count). The van der Waals surface area contributed by atoms with Crippen LogP contribution < -0.4 is 4.74 Å². The van der Waals surface area contributed by atoms with Crippen molar-refractivity contribution in [1.82, 2.24) is 9.97 Å². The Bertz CT molecular complexity index is 978. The summed E-state index contributed by atoms with van der Waals surface area (Å²) in [6, 6.07) is 13.1. The molecule has 0 amide bonds. The third-order valence-electron chi connectivity index (χ3n) is 3.64. The number of Topliss-reactive ketones (excluding diaryl/α,β-unsaturated/α-hetero) is 1. The summed E-state index contributed by atoms with van der Waals surface area (Å²) in [4.78, 5) is 19.4. The number of rotatable bonds is 6. The standard InChI is InChI=1S/C18H16N2O4S/c1-25(22,23)14-8-6-13(7-9-14)17(21)11-24-18-5-3-2-4-15(18)16-10-19-12-20-16/h2-10,12H,11H2,1H3,(H,19,20). The molecule has 0 fully saturated rings. The van der Waals surface area contributed by atoms with E-state index in [1.807, 2.05) is 18.2 Å². The van der Waals surface area contributed by atoms with Crippen molar-refractivity contribution >= 4 is 15.6 Å². The van der Waals surface area contributed by atoms with Gasteiger partial charge in [0.25, 0.3) is 0 Å². The summed E-state index contributed by atoms with van der Waals surface area (Å²) in [5, 5.41) is 0. The van der Waals surface area contributed by atoms with Gasteiger partial charge < -0.3 is 9.72 Å². The molecular weight excluding hydrogens is 340 g/mol. The number of ether oxygens (including phenoxy) is 1. The second-order valence-corrected chi connectivity index (χ2v) is 7.49. The average molecular weight is 356 g/mol. The Kier molecular flexibility index (Phi) is 4.67. The zero-order chi connectivity index (χ0) is 17.9. The lowest BCUT2D eigenvalue weighted by atomic mass is 10.1. The first kappa shape index (κ1) is 16.9. The van der Waals surface area contributed by atoms with Crippen molar-refractivity contribution in [3.63, 3.8) is 0 Å². The number of aromatic nitrogens is 2. The largest absolute Gasteiger partial charge is 0.485 e. The van der Waals surface area contributed by atoms with Crippen LogP contribution in [-0.4, -0.2) is 37.0 Å². The zero-order valence-electron chi connectivity index (χ0n) is 13.5. The second kappa shape index (κ2) is 6.90. The predicted octanol–water partition coefficient (Wildman–Crippen LogP) is 2.74. The Morgan fingerprint density at radius 3 is 2.48 bits per heavy atom. The molecule has 3 aromatic rings. The van der Waals surface area contributed by atoms with E-state index in [1.165, 1.54) is 24.3 Å². The van der Waals surface area contributed by atoms with Gasteiger partial charge in [-0.15, -0.1) is 0 Å². The number of ketones is 1. The molecule has 2 aromatic carbocycles. The maximum Gasteiger partial charge on any atom is 0.200 e. The summed E-state index contributed by atoms with van der Waals surface area (Å²) < 4.78 is 28.6. The second-order valence-electron chi connectivity index (χ2n) is 5.47. The molecule has 1 N–H and O–H groups in total.